The zero-order chi connectivity index (χ0) is 19.9. The standard InChI is InChI=1S/C20H18F3N3O2/c21-20(22,23)11-26-8-7-17(18(26)27)25-19(28)24-14-5-6-16-13(10-14)9-12-3-1-2-4-15(12)16/h1-6,10,17H,7-9,11H2,(H2,24,25,28). The lowest BCUT2D eigenvalue weighted by Crippen LogP contribution is -2.45. The molecule has 8 heteroatoms. The van der Waals surface area contributed by atoms with E-state index in [-0.39, 0.29) is 13.0 Å². The number of nitrogens with one attached hydrogen (secondary N) is 2. The van der Waals surface area contributed by atoms with Crippen molar-refractivity contribution in [3.8, 4) is 11.1 Å². The number of rotatable bonds is 3. The molecular weight excluding hydrogens is 371 g/mol. The SMILES string of the molecule is O=C(Nc1ccc2c(c1)Cc1ccccc1-2)NC1CCN(CC(F)(F)F)C1=O. The molecule has 1 fully saturated rings. The highest BCUT2D eigenvalue weighted by Gasteiger charge is 2.39. The molecule has 2 aromatic rings. The molecule has 2 aromatic carbocycles. The van der Waals surface area contributed by atoms with E-state index in [1.807, 2.05) is 24.3 Å². The Morgan fingerprint density at radius 2 is 1.86 bits per heavy atom. The molecule has 1 aliphatic carbocycles. The van der Waals surface area contributed by atoms with E-state index in [0.29, 0.717) is 5.69 Å². The highest BCUT2D eigenvalue weighted by Crippen LogP contribution is 2.37. The van der Waals surface area contributed by atoms with Crippen LogP contribution in [-0.4, -0.2) is 42.1 Å². The lowest BCUT2D eigenvalue weighted by atomic mass is 10.1. The molecule has 2 N–H and O–H groups in total. The first-order chi connectivity index (χ1) is 13.3. The van der Waals surface area contributed by atoms with Crippen LogP contribution in [0.1, 0.15) is 17.5 Å². The highest BCUT2D eigenvalue weighted by molar-refractivity contribution is 5.95. The number of urea groups is 1. The maximum atomic E-state index is 12.5. The number of benzene rings is 2. The predicted octanol–water partition coefficient (Wildman–Crippen LogP) is 3.54. The van der Waals surface area contributed by atoms with Crippen molar-refractivity contribution in [1.29, 1.82) is 0 Å². The molecule has 0 bridgehead atoms. The fraction of sp³-hybridized carbons (Fsp3) is 0.300. The van der Waals surface area contributed by atoms with Crippen molar-refractivity contribution >= 4 is 17.6 Å². The molecule has 0 saturated carbocycles. The number of hydrogen-bond donors (Lipinski definition) is 2. The lowest BCUT2D eigenvalue weighted by molar-refractivity contribution is -0.157. The summed E-state index contributed by atoms with van der Waals surface area (Å²) in [6, 6.07) is 12.1. The number of anilines is 1. The van der Waals surface area contributed by atoms with Gasteiger partial charge in [0.25, 0.3) is 0 Å². The zero-order valence-corrected chi connectivity index (χ0v) is 14.8. The maximum Gasteiger partial charge on any atom is 0.406 e. The third-order valence-corrected chi connectivity index (χ3v) is 5.02. The second kappa shape index (κ2) is 6.85. The summed E-state index contributed by atoms with van der Waals surface area (Å²) in [6.45, 7) is -1.32. The van der Waals surface area contributed by atoms with Crippen LogP contribution in [0, 0.1) is 0 Å². The second-order valence-electron chi connectivity index (χ2n) is 7.02. The van der Waals surface area contributed by atoms with Crippen LogP contribution in [0.5, 0.6) is 0 Å². The molecule has 4 rings (SSSR count). The average Bonchev–Trinajstić information content (AvgIpc) is 3.15. The zero-order valence-electron chi connectivity index (χ0n) is 14.8. The van der Waals surface area contributed by atoms with Crippen LogP contribution < -0.4 is 10.6 Å². The number of likely N-dealkylation sites (tertiary alicyclic amines) is 1. The first-order valence-electron chi connectivity index (χ1n) is 8.94. The molecule has 1 aliphatic heterocycles. The highest BCUT2D eigenvalue weighted by atomic mass is 19.4. The minimum Gasteiger partial charge on any atom is -0.332 e. The van der Waals surface area contributed by atoms with E-state index in [4.69, 9.17) is 0 Å². The normalized spacial score (nSPS) is 18.0. The first-order valence-corrected chi connectivity index (χ1v) is 8.94. The van der Waals surface area contributed by atoms with E-state index in [0.717, 1.165) is 22.4 Å². The number of carbonyl (C=O) groups excluding carboxylic acids is 2. The molecule has 5 nitrogen and oxygen atoms in total. The smallest absolute Gasteiger partial charge is 0.332 e. The van der Waals surface area contributed by atoms with Gasteiger partial charge >= 0.3 is 12.2 Å². The van der Waals surface area contributed by atoms with Crippen molar-refractivity contribution in [2.45, 2.75) is 25.1 Å². The Hall–Kier alpha value is -3.03. The monoisotopic (exact) mass is 389 g/mol. The molecule has 2 aliphatic rings. The summed E-state index contributed by atoms with van der Waals surface area (Å²) in [5.41, 5.74) is 5.18. The Morgan fingerprint density at radius 1 is 1.11 bits per heavy atom. The van der Waals surface area contributed by atoms with Gasteiger partial charge in [0.1, 0.15) is 12.6 Å². The van der Waals surface area contributed by atoms with Gasteiger partial charge < -0.3 is 15.5 Å². The molecule has 1 saturated heterocycles. The molecule has 3 amide bonds. The number of halogens is 3. The van der Waals surface area contributed by atoms with Crippen molar-refractivity contribution in [1.82, 2.24) is 10.2 Å². The van der Waals surface area contributed by atoms with Gasteiger partial charge in [-0.15, -0.1) is 0 Å². The van der Waals surface area contributed by atoms with Crippen molar-refractivity contribution in [3.63, 3.8) is 0 Å². The van der Waals surface area contributed by atoms with Gasteiger partial charge in [0, 0.05) is 12.2 Å². The number of fused-ring (bicyclic) bond motifs is 3. The molecule has 146 valence electrons. The van der Waals surface area contributed by atoms with E-state index >= 15 is 0 Å². The van der Waals surface area contributed by atoms with Gasteiger partial charge in [0.05, 0.1) is 0 Å². The van der Waals surface area contributed by atoms with Crippen LogP contribution in [0.4, 0.5) is 23.7 Å². The Balaban J connectivity index is 1.38. The summed E-state index contributed by atoms with van der Waals surface area (Å²) in [7, 11) is 0. The van der Waals surface area contributed by atoms with Crippen molar-refractivity contribution in [2.24, 2.45) is 0 Å². The fourth-order valence-corrected chi connectivity index (χ4v) is 3.79. The van der Waals surface area contributed by atoms with E-state index in [1.165, 1.54) is 11.1 Å². The molecule has 0 spiro atoms. The van der Waals surface area contributed by atoms with Gasteiger partial charge in [-0.25, -0.2) is 4.79 Å². The summed E-state index contributed by atoms with van der Waals surface area (Å²) in [5.74, 6) is -0.711. The molecule has 0 radical (unpaired) electrons. The minimum absolute atomic E-state index is 0.0274. The summed E-state index contributed by atoms with van der Waals surface area (Å²) in [6.07, 6.45) is -3.52. The van der Waals surface area contributed by atoms with E-state index in [1.54, 1.807) is 6.07 Å². The van der Waals surface area contributed by atoms with Gasteiger partial charge in [-0.2, -0.15) is 13.2 Å². The third-order valence-electron chi connectivity index (χ3n) is 5.02. The molecule has 1 atom stereocenters. The van der Waals surface area contributed by atoms with E-state index < -0.39 is 30.7 Å². The summed E-state index contributed by atoms with van der Waals surface area (Å²) in [5, 5.41) is 5.14. The van der Waals surface area contributed by atoms with E-state index in [2.05, 4.69) is 22.8 Å². The van der Waals surface area contributed by atoms with Crippen LogP contribution in [-0.2, 0) is 11.2 Å². The molecule has 28 heavy (non-hydrogen) atoms. The Kier molecular flexibility index (Phi) is 4.49. The predicted molar refractivity (Wildman–Crippen MR) is 97.9 cm³/mol. The molecular formula is C20H18F3N3O2. The second-order valence-corrected chi connectivity index (χ2v) is 7.02. The lowest BCUT2D eigenvalue weighted by Gasteiger charge is -2.18. The van der Waals surface area contributed by atoms with Crippen molar-refractivity contribution in [3.05, 3.63) is 53.6 Å². The van der Waals surface area contributed by atoms with Crippen LogP contribution in [0.3, 0.4) is 0 Å². The maximum absolute atomic E-state index is 12.5. The van der Waals surface area contributed by atoms with E-state index in [9.17, 15) is 22.8 Å². The Bertz CT molecular complexity index is 943. The van der Waals surface area contributed by atoms with Gasteiger partial charge in [-0.1, -0.05) is 30.3 Å². The molecule has 1 unspecified atom stereocenters. The summed E-state index contributed by atoms with van der Waals surface area (Å²) >= 11 is 0. The number of hydrogen-bond acceptors (Lipinski definition) is 2. The topological polar surface area (TPSA) is 61.4 Å². The number of amides is 3. The van der Waals surface area contributed by atoms with Crippen LogP contribution in [0.15, 0.2) is 42.5 Å². The summed E-state index contributed by atoms with van der Waals surface area (Å²) < 4.78 is 37.4. The van der Waals surface area contributed by atoms with Gasteiger partial charge in [-0.05, 0) is 47.2 Å². The Morgan fingerprint density at radius 3 is 2.64 bits per heavy atom. The third kappa shape index (κ3) is 3.67. The van der Waals surface area contributed by atoms with Gasteiger partial charge in [-0.3, -0.25) is 4.79 Å². The van der Waals surface area contributed by atoms with Crippen molar-refractivity contribution in [2.75, 3.05) is 18.4 Å². The van der Waals surface area contributed by atoms with Gasteiger partial charge in [0.15, 0.2) is 0 Å². The quantitative estimate of drug-likeness (QED) is 0.720. The van der Waals surface area contributed by atoms with Crippen molar-refractivity contribution < 1.29 is 22.8 Å². The van der Waals surface area contributed by atoms with Crippen LogP contribution >= 0.6 is 0 Å². The fourth-order valence-electron chi connectivity index (χ4n) is 3.79. The first kappa shape index (κ1) is 18.3. The molecule has 1 heterocycles. The molecule has 0 aromatic heterocycles. The largest absolute Gasteiger partial charge is 0.406 e. The van der Waals surface area contributed by atoms with Crippen LogP contribution in [0.25, 0.3) is 11.1 Å². The van der Waals surface area contributed by atoms with Crippen LogP contribution in [0.2, 0.25) is 0 Å². The summed E-state index contributed by atoms with van der Waals surface area (Å²) in [4.78, 5) is 25.0. The average molecular weight is 389 g/mol. The van der Waals surface area contributed by atoms with Gasteiger partial charge in [0.2, 0.25) is 5.91 Å². The number of carbonyl (C=O) groups is 2. The minimum atomic E-state index is -4.45. The number of alkyl halides is 3. The Labute approximate surface area is 159 Å². The number of nitrogens with zero attached hydrogens (tertiary/aromatic N) is 1.